The van der Waals surface area contributed by atoms with Crippen LogP contribution in [0.25, 0.3) is 0 Å². The number of amides is 1. The Morgan fingerprint density at radius 3 is 2.42 bits per heavy atom. The summed E-state index contributed by atoms with van der Waals surface area (Å²) in [6.45, 7) is 4.11. The molecule has 126 valence electrons. The number of nitriles is 1. The van der Waals surface area contributed by atoms with Crippen LogP contribution in [0, 0.1) is 25.2 Å². The third kappa shape index (κ3) is 3.66. The summed E-state index contributed by atoms with van der Waals surface area (Å²) in [6, 6.07) is 7.15. The number of rotatable bonds is 6. The highest BCUT2D eigenvalue weighted by Crippen LogP contribution is 2.29. The first-order valence-electron chi connectivity index (χ1n) is 7.45. The Bertz CT molecular complexity index is 765. The van der Waals surface area contributed by atoms with Crippen LogP contribution in [-0.4, -0.2) is 29.9 Å². The molecule has 24 heavy (non-hydrogen) atoms. The summed E-state index contributed by atoms with van der Waals surface area (Å²) in [7, 11) is 3.09. The van der Waals surface area contributed by atoms with Crippen LogP contribution in [0.1, 0.15) is 28.0 Å². The van der Waals surface area contributed by atoms with Gasteiger partial charge in [0, 0.05) is 17.2 Å². The Morgan fingerprint density at radius 2 is 1.88 bits per heavy atom. The third-order valence-electron chi connectivity index (χ3n) is 3.59. The van der Waals surface area contributed by atoms with Crippen molar-refractivity contribution < 1.29 is 14.3 Å². The lowest BCUT2D eigenvalue weighted by atomic mass is 10.1. The second kappa shape index (κ2) is 7.51. The first-order chi connectivity index (χ1) is 11.5. The molecule has 2 aromatic rings. The highest BCUT2D eigenvalue weighted by atomic mass is 16.5. The van der Waals surface area contributed by atoms with Crippen LogP contribution in [0.2, 0.25) is 0 Å². The summed E-state index contributed by atoms with van der Waals surface area (Å²) in [6.07, 6.45) is 0.316. The molecule has 0 aliphatic carbocycles. The number of aromatic nitrogens is 2. The second-order valence-corrected chi connectivity index (χ2v) is 5.26. The highest BCUT2D eigenvalue weighted by Gasteiger charge is 2.15. The van der Waals surface area contributed by atoms with E-state index in [1.54, 1.807) is 37.1 Å². The van der Waals surface area contributed by atoms with Crippen LogP contribution in [-0.2, 0) is 6.54 Å². The number of hydrogen-bond acceptors (Lipinski definition) is 5. The van der Waals surface area contributed by atoms with E-state index in [2.05, 4.69) is 16.5 Å². The van der Waals surface area contributed by atoms with Crippen molar-refractivity contribution >= 4 is 11.7 Å². The SMILES string of the molecule is COc1cc(C(=O)Nc2cc(C)nn2CCC#N)cc(OC)c1C. The standard InChI is InChI=1S/C17H20N4O3/c1-11-8-16(21(20-11)7-5-6-18)19-17(22)13-9-14(23-3)12(2)15(10-13)24-4/h8-10H,5,7H2,1-4H3,(H,19,22). The molecule has 0 bridgehead atoms. The van der Waals surface area contributed by atoms with Gasteiger partial charge in [-0.3, -0.25) is 4.79 Å². The molecular formula is C17H20N4O3. The summed E-state index contributed by atoms with van der Waals surface area (Å²) in [5.74, 6) is 1.40. The van der Waals surface area contributed by atoms with Gasteiger partial charge >= 0.3 is 0 Å². The normalized spacial score (nSPS) is 10.1. The Kier molecular flexibility index (Phi) is 5.42. The molecule has 0 aliphatic heterocycles. The van der Waals surface area contributed by atoms with Crippen LogP contribution < -0.4 is 14.8 Å². The summed E-state index contributed by atoms with van der Waals surface area (Å²) in [5.41, 5.74) is 2.01. The molecule has 7 nitrogen and oxygen atoms in total. The number of nitrogens with zero attached hydrogens (tertiary/aromatic N) is 3. The number of anilines is 1. The van der Waals surface area contributed by atoms with Gasteiger partial charge in [0.05, 0.1) is 38.9 Å². The lowest BCUT2D eigenvalue weighted by Crippen LogP contribution is -2.16. The molecule has 1 aromatic carbocycles. The molecule has 0 spiro atoms. The molecule has 0 atom stereocenters. The predicted octanol–water partition coefficient (Wildman–Crippen LogP) is 2.68. The number of carbonyl (C=O) groups excluding carboxylic acids is 1. The van der Waals surface area contributed by atoms with Gasteiger partial charge in [-0.05, 0) is 26.0 Å². The van der Waals surface area contributed by atoms with E-state index in [9.17, 15) is 4.79 Å². The molecule has 1 N–H and O–H groups in total. The van der Waals surface area contributed by atoms with E-state index >= 15 is 0 Å². The predicted molar refractivity (Wildman–Crippen MR) is 89.4 cm³/mol. The van der Waals surface area contributed by atoms with Crippen LogP contribution in [0.4, 0.5) is 5.82 Å². The summed E-state index contributed by atoms with van der Waals surface area (Å²) in [5, 5.41) is 15.8. The minimum Gasteiger partial charge on any atom is -0.496 e. The molecule has 2 rings (SSSR count). The molecule has 0 aliphatic rings. The van der Waals surface area contributed by atoms with Crippen molar-refractivity contribution in [2.75, 3.05) is 19.5 Å². The minimum atomic E-state index is -0.301. The minimum absolute atomic E-state index is 0.301. The Morgan fingerprint density at radius 1 is 1.25 bits per heavy atom. The zero-order valence-electron chi connectivity index (χ0n) is 14.2. The lowest BCUT2D eigenvalue weighted by Gasteiger charge is -2.13. The Labute approximate surface area is 140 Å². The maximum Gasteiger partial charge on any atom is 0.257 e. The van der Waals surface area contributed by atoms with Crippen LogP contribution >= 0.6 is 0 Å². The van der Waals surface area contributed by atoms with Gasteiger partial charge in [0.1, 0.15) is 17.3 Å². The first-order valence-corrected chi connectivity index (χ1v) is 7.45. The fourth-order valence-electron chi connectivity index (χ4n) is 2.38. The van der Waals surface area contributed by atoms with Crippen molar-refractivity contribution in [2.24, 2.45) is 0 Å². The number of carbonyl (C=O) groups is 1. The molecule has 0 unspecified atom stereocenters. The first kappa shape index (κ1) is 17.3. The van der Waals surface area contributed by atoms with E-state index in [0.717, 1.165) is 11.3 Å². The van der Waals surface area contributed by atoms with Gasteiger partial charge in [-0.25, -0.2) is 4.68 Å². The van der Waals surface area contributed by atoms with Crippen molar-refractivity contribution in [1.82, 2.24) is 9.78 Å². The van der Waals surface area contributed by atoms with Gasteiger partial charge in [0.2, 0.25) is 0 Å². The van der Waals surface area contributed by atoms with Crippen molar-refractivity contribution in [2.45, 2.75) is 26.8 Å². The van der Waals surface area contributed by atoms with Gasteiger partial charge in [-0.1, -0.05) is 0 Å². The van der Waals surface area contributed by atoms with Crippen molar-refractivity contribution in [3.63, 3.8) is 0 Å². The maximum absolute atomic E-state index is 12.6. The summed E-state index contributed by atoms with van der Waals surface area (Å²) >= 11 is 0. The lowest BCUT2D eigenvalue weighted by molar-refractivity contribution is 0.102. The Balaban J connectivity index is 2.29. The van der Waals surface area contributed by atoms with E-state index in [0.29, 0.717) is 35.8 Å². The number of methoxy groups -OCH3 is 2. The maximum atomic E-state index is 12.6. The summed E-state index contributed by atoms with van der Waals surface area (Å²) < 4.78 is 12.2. The molecule has 0 saturated carbocycles. The molecule has 0 saturated heterocycles. The zero-order chi connectivity index (χ0) is 17.7. The van der Waals surface area contributed by atoms with Crippen LogP contribution in [0.15, 0.2) is 18.2 Å². The monoisotopic (exact) mass is 328 g/mol. The van der Waals surface area contributed by atoms with E-state index in [4.69, 9.17) is 14.7 Å². The molecule has 1 aromatic heterocycles. The Hall–Kier alpha value is -3.01. The number of benzene rings is 1. The number of nitrogens with one attached hydrogen (secondary N) is 1. The zero-order valence-corrected chi connectivity index (χ0v) is 14.2. The van der Waals surface area contributed by atoms with Crippen molar-refractivity contribution in [3.8, 4) is 17.6 Å². The molecular weight excluding hydrogens is 308 g/mol. The van der Waals surface area contributed by atoms with E-state index in [-0.39, 0.29) is 5.91 Å². The highest BCUT2D eigenvalue weighted by molar-refractivity contribution is 6.04. The molecule has 0 radical (unpaired) electrons. The van der Waals surface area contributed by atoms with Gasteiger partial charge in [-0.15, -0.1) is 0 Å². The van der Waals surface area contributed by atoms with Gasteiger partial charge in [-0.2, -0.15) is 10.4 Å². The van der Waals surface area contributed by atoms with Crippen molar-refractivity contribution in [3.05, 3.63) is 35.0 Å². The van der Waals surface area contributed by atoms with Gasteiger partial charge in [0.15, 0.2) is 0 Å². The second-order valence-electron chi connectivity index (χ2n) is 5.26. The largest absolute Gasteiger partial charge is 0.496 e. The van der Waals surface area contributed by atoms with Gasteiger partial charge < -0.3 is 14.8 Å². The topological polar surface area (TPSA) is 89.2 Å². The van der Waals surface area contributed by atoms with E-state index in [1.807, 2.05) is 13.8 Å². The summed E-state index contributed by atoms with van der Waals surface area (Å²) in [4.78, 5) is 12.6. The smallest absolute Gasteiger partial charge is 0.257 e. The van der Waals surface area contributed by atoms with E-state index in [1.165, 1.54) is 0 Å². The molecule has 7 heteroatoms. The van der Waals surface area contributed by atoms with Crippen LogP contribution in [0.5, 0.6) is 11.5 Å². The van der Waals surface area contributed by atoms with Crippen molar-refractivity contribution in [1.29, 1.82) is 5.26 Å². The third-order valence-corrected chi connectivity index (χ3v) is 3.59. The quantitative estimate of drug-likeness (QED) is 0.880. The van der Waals surface area contributed by atoms with E-state index < -0.39 is 0 Å². The number of hydrogen-bond donors (Lipinski definition) is 1. The fourth-order valence-corrected chi connectivity index (χ4v) is 2.38. The fraction of sp³-hybridized carbons (Fsp3) is 0.353. The number of aryl methyl sites for hydroxylation is 2. The molecule has 1 heterocycles. The van der Waals surface area contributed by atoms with Crippen LogP contribution in [0.3, 0.4) is 0 Å². The average Bonchev–Trinajstić information content (AvgIpc) is 2.92. The molecule has 0 fully saturated rings. The van der Waals surface area contributed by atoms with Gasteiger partial charge in [0.25, 0.3) is 5.91 Å². The number of ether oxygens (including phenoxy) is 2. The average molecular weight is 328 g/mol. The molecule has 1 amide bonds.